The predicted octanol–water partition coefficient (Wildman–Crippen LogP) is 30.2. The quantitative estimate of drug-likeness (QED) is 0.108. The molecule has 0 atom stereocenters. The van der Waals surface area contributed by atoms with Crippen molar-refractivity contribution in [2.45, 2.75) is 267 Å². The van der Waals surface area contributed by atoms with E-state index in [2.05, 4.69) is 263 Å². The molecule has 0 heteroatoms. The number of hydrogen-bond donors (Lipinski definition) is 0. The molecular weight excluding hydrogens is 1060 g/mol. The minimum absolute atomic E-state index is 0. The lowest BCUT2D eigenvalue weighted by atomic mass is 10.0. The lowest BCUT2D eigenvalue weighted by Gasteiger charge is -2.01. The molecule has 0 saturated carbocycles. The molecule has 0 spiro atoms. The zero-order valence-electron chi connectivity index (χ0n) is 61.0. The van der Waals surface area contributed by atoms with Crippen molar-refractivity contribution in [2.75, 3.05) is 0 Å². The van der Waals surface area contributed by atoms with E-state index in [-0.39, 0.29) is 22.3 Å². The molecule has 0 N–H and O–H groups in total. The molecule has 0 bridgehead atoms. The van der Waals surface area contributed by atoms with Crippen LogP contribution in [0.2, 0.25) is 0 Å². The summed E-state index contributed by atoms with van der Waals surface area (Å²) in [4.78, 5) is 0. The first-order chi connectivity index (χ1) is 42.1. The highest BCUT2D eigenvalue weighted by molar-refractivity contribution is 5.23. The fraction of sp³-hybridized carbons (Fsp3) is 0.455. The summed E-state index contributed by atoms with van der Waals surface area (Å²) in [6.45, 7) is 54.6. The van der Waals surface area contributed by atoms with Crippen molar-refractivity contribution in [2.24, 2.45) is 5.92 Å². The van der Waals surface area contributed by atoms with Gasteiger partial charge in [-0.1, -0.05) is 458 Å². The highest BCUT2D eigenvalue weighted by atomic mass is 14.0. The molecule has 0 heterocycles. The van der Waals surface area contributed by atoms with E-state index in [1.165, 1.54) is 50.9 Å². The van der Waals surface area contributed by atoms with Crippen molar-refractivity contribution >= 4 is 0 Å². The first-order valence-electron chi connectivity index (χ1n) is 34.4. The van der Waals surface area contributed by atoms with Crippen LogP contribution < -0.4 is 0 Å². The second kappa shape index (κ2) is 106. The Kier molecular flexibility index (Phi) is 131. The van der Waals surface area contributed by atoms with Crippen LogP contribution in [0.5, 0.6) is 0 Å². The third kappa shape index (κ3) is 77.8. The minimum atomic E-state index is 0. The highest BCUT2D eigenvalue weighted by Crippen LogP contribution is 2.10. The Morgan fingerprint density at radius 2 is 0.239 bits per heavy atom. The van der Waals surface area contributed by atoms with Crippen LogP contribution >= 0.6 is 0 Å². The van der Waals surface area contributed by atoms with Gasteiger partial charge in [0, 0.05) is 0 Å². The highest BCUT2D eigenvalue weighted by Gasteiger charge is 1.96. The maximum atomic E-state index is 2.22. The topological polar surface area (TPSA) is 0 Å². The normalized spacial score (nSPS) is 7.73. The van der Waals surface area contributed by atoms with Crippen molar-refractivity contribution in [3.05, 3.63) is 287 Å². The van der Waals surface area contributed by atoms with Crippen LogP contribution in [0.15, 0.2) is 243 Å². The van der Waals surface area contributed by atoms with E-state index in [1.807, 2.05) is 166 Å². The van der Waals surface area contributed by atoms with Crippen molar-refractivity contribution < 1.29 is 0 Å². The maximum Gasteiger partial charge on any atom is -0.0238 e. The van der Waals surface area contributed by atoms with Crippen LogP contribution in [0.3, 0.4) is 0 Å². The van der Waals surface area contributed by atoms with Gasteiger partial charge in [0.05, 0.1) is 0 Å². The number of benzene rings is 8. The number of rotatable bonds is 13. The molecule has 0 aliphatic carbocycles. The monoisotopic (exact) mass is 1210 g/mol. The van der Waals surface area contributed by atoms with Crippen LogP contribution in [0.1, 0.15) is 260 Å². The summed E-state index contributed by atoms with van der Waals surface area (Å²) in [5, 5.41) is 0. The Morgan fingerprint density at radius 3 is 0.295 bits per heavy atom. The molecule has 0 aliphatic heterocycles. The van der Waals surface area contributed by atoms with Gasteiger partial charge >= 0.3 is 0 Å². The van der Waals surface area contributed by atoms with Gasteiger partial charge in [0.25, 0.3) is 0 Å². The maximum absolute atomic E-state index is 2.22. The summed E-state index contributed by atoms with van der Waals surface area (Å²) in [7, 11) is 0. The molecule has 0 radical (unpaired) electrons. The van der Waals surface area contributed by atoms with E-state index in [4.69, 9.17) is 0 Å². The van der Waals surface area contributed by atoms with Gasteiger partial charge in [-0.05, 0) is 102 Å². The van der Waals surface area contributed by atoms with Crippen molar-refractivity contribution in [1.82, 2.24) is 0 Å². The van der Waals surface area contributed by atoms with Crippen LogP contribution in [-0.2, 0) is 51.4 Å². The molecule has 8 rings (SSSR count). The molecule has 504 valence electrons. The standard InChI is InChI=1S/4C14H14.C5H12.12C2H6.3CH4/c4*1-3-7-13(8-4-1)11-12-14-9-5-2-6-10-14;1-4-5(2)3;12*1-2;;;/h4*1-10H,11-12H2;5H,4H2,1-3H3;12*1-2H3;3*1H4. The molecule has 0 aliphatic rings. The molecule has 0 fully saturated rings. The average Bonchev–Trinajstić information content (AvgIpc) is 3.64. The third-order valence-corrected chi connectivity index (χ3v) is 10.4. The van der Waals surface area contributed by atoms with E-state index in [1.54, 1.807) is 0 Å². The van der Waals surface area contributed by atoms with E-state index in [0.717, 1.165) is 57.3 Å². The van der Waals surface area contributed by atoms with Gasteiger partial charge in [-0.25, -0.2) is 0 Å². The van der Waals surface area contributed by atoms with Crippen molar-refractivity contribution in [3.8, 4) is 0 Å². The third-order valence-electron chi connectivity index (χ3n) is 10.4. The molecule has 0 aromatic heterocycles. The molecule has 0 amide bonds. The minimum Gasteiger partial charge on any atom is -0.0776 e. The van der Waals surface area contributed by atoms with Gasteiger partial charge in [0.15, 0.2) is 0 Å². The summed E-state index contributed by atoms with van der Waals surface area (Å²) in [5.74, 6) is 0.884. The summed E-state index contributed by atoms with van der Waals surface area (Å²) in [6.07, 6.45) is 10.3. The van der Waals surface area contributed by atoms with Crippen molar-refractivity contribution in [3.63, 3.8) is 0 Å². The van der Waals surface area contributed by atoms with Crippen LogP contribution in [0.25, 0.3) is 0 Å². The molecule has 88 heavy (non-hydrogen) atoms. The van der Waals surface area contributed by atoms with E-state index < -0.39 is 0 Å². The summed E-state index contributed by atoms with van der Waals surface area (Å²) in [6, 6.07) is 85.0. The number of aryl methyl sites for hydroxylation is 8. The summed E-state index contributed by atoms with van der Waals surface area (Å²) >= 11 is 0. The smallest absolute Gasteiger partial charge is 0.0238 e. The van der Waals surface area contributed by atoms with Gasteiger partial charge in [0.1, 0.15) is 0 Å². The Morgan fingerprint density at radius 1 is 0.170 bits per heavy atom. The van der Waals surface area contributed by atoms with Crippen LogP contribution in [0, 0.1) is 5.92 Å². The zero-order chi connectivity index (χ0) is 66.8. The Bertz CT molecular complexity index is 1670. The van der Waals surface area contributed by atoms with Gasteiger partial charge < -0.3 is 0 Å². The fourth-order valence-corrected chi connectivity index (χ4v) is 6.31. The van der Waals surface area contributed by atoms with Crippen molar-refractivity contribution in [1.29, 1.82) is 0 Å². The Balaban J connectivity index is -0.0000000759. The number of hydrogen-bond acceptors (Lipinski definition) is 0. The largest absolute Gasteiger partial charge is 0.0776 e. The lowest BCUT2D eigenvalue weighted by Crippen LogP contribution is -1.89. The van der Waals surface area contributed by atoms with E-state index >= 15 is 0 Å². The van der Waals surface area contributed by atoms with E-state index in [9.17, 15) is 0 Å². The zero-order valence-corrected chi connectivity index (χ0v) is 61.0. The van der Waals surface area contributed by atoms with Crippen LogP contribution in [0.4, 0.5) is 0 Å². The van der Waals surface area contributed by atoms with Crippen LogP contribution in [-0.4, -0.2) is 0 Å². The molecule has 0 unspecified atom stereocenters. The second-order valence-corrected chi connectivity index (χ2v) is 15.7. The lowest BCUT2D eigenvalue weighted by molar-refractivity contribution is 0.626. The molecule has 8 aromatic carbocycles. The van der Waals surface area contributed by atoms with Gasteiger partial charge in [-0.2, -0.15) is 0 Å². The summed E-state index contributed by atoms with van der Waals surface area (Å²) in [5.41, 5.74) is 11.3. The Labute approximate surface area is 557 Å². The first-order valence-corrected chi connectivity index (χ1v) is 34.4. The molecular formula is C88H152. The van der Waals surface area contributed by atoms with E-state index in [0.29, 0.717) is 0 Å². The Hall–Kier alpha value is -6.24. The first kappa shape index (κ1) is 110. The van der Waals surface area contributed by atoms with Gasteiger partial charge in [0.2, 0.25) is 0 Å². The van der Waals surface area contributed by atoms with Gasteiger partial charge in [-0.15, -0.1) is 0 Å². The molecule has 0 saturated heterocycles. The van der Waals surface area contributed by atoms with Gasteiger partial charge in [-0.3, -0.25) is 0 Å². The summed E-state index contributed by atoms with van der Waals surface area (Å²) < 4.78 is 0. The fourth-order valence-electron chi connectivity index (χ4n) is 6.31. The molecule has 0 nitrogen and oxygen atoms in total. The predicted molar refractivity (Wildman–Crippen MR) is 423 cm³/mol. The molecule has 8 aromatic rings. The second-order valence-electron chi connectivity index (χ2n) is 15.7. The average molecular weight is 1210 g/mol. The SMILES string of the molecule is C.C.C.CC.CC.CC.CC.CC.CC.CC.CC.CC.CC.CC.CC.CCC(C)C.c1ccc(CCc2ccccc2)cc1.c1ccc(CCc2ccccc2)cc1.c1ccc(CCc2ccccc2)cc1.c1ccc(CCc2ccccc2)cc1.